The number of imidazole rings is 1. The average Bonchev–Trinajstić information content (AvgIpc) is 3.25. The molecule has 9 heteroatoms. The van der Waals surface area contributed by atoms with Crippen molar-refractivity contribution >= 4 is 28.7 Å². The van der Waals surface area contributed by atoms with E-state index in [-0.39, 0.29) is 11.9 Å². The number of rotatable bonds is 8. The summed E-state index contributed by atoms with van der Waals surface area (Å²) in [4.78, 5) is 20.2. The third-order valence-corrected chi connectivity index (χ3v) is 4.29. The van der Waals surface area contributed by atoms with Crippen molar-refractivity contribution in [2.75, 3.05) is 12.0 Å². The summed E-state index contributed by atoms with van der Waals surface area (Å²) < 4.78 is 1.54. The summed E-state index contributed by atoms with van der Waals surface area (Å²) in [6, 6.07) is 7.73. The van der Waals surface area contributed by atoms with Gasteiger partial charge >= 0.3 is 0 Å². The van der Waals surface area contributed by atoms with Crippen LogP contribution in [-0.2, 0) is 11.3 Å². The van der Waals surface area contributed by atoms with Crippen LogP contribution in [-0.4, -0.2) is 48.1 Å². The minimum absolute atomic E-state index is 0.0444. The van der Waals surface area contributed by atoms with Crippen LogP contribution in [0, 0.1) is 0 Å². The van der Waals surface area contributed by atoms with Gasteiger partial charge in [-0.2, -0.15) is 11.8 Å². The summed E-state index contributed by atoms with van der Waals surface area (Å²) in [6.07, 6.45) is 4.69. The molecule has 0 saturated heterocycles. The number of aromatic nitrogens is 6. The Morgan fingerprint density at radius 3 is 3.04 bits per heavy atom. The predicted molar refractivity (Wildman–Crippen MR) is 92.4 cm³/mol. The molecule has 1 atom stereocenters. The summed E-state index contributed by atoms with van der Waals surface area (Å²) in [5.41, 5.74) is 1.88. The number of H-pyrrole nitrogens is 1. The first-order valence-corrected chi connectivity index (χ1v) is 9.09. The minimum Gasteiger partial charge on any atom is -0.346 e. The van der Waals surface area contributed by atoms with E-state index in [1.54, 1.807) is 11.8 Å². The summed E-state index contributed by atoms with van der Waals surface area (Å²) >= 11 is 1.75. The quantitative estimate of drug-likeness (QED) is 0.642. The summed E-state index contributed by atoms with van der Waals surface area (Å²) in [5.74, 6) is 1.69. The van der Waals surface area contributed by atoms with Gasteiger partial charge in [-0.05, 0) is 41.0 Å². The van der Waals surface area contributed by atoms with Gasteiger partial charge in [-0.25, -0.2) is 9.67 Å². The van der Waals surface area contributed by atoms with Crippen molar-refractivity contribution in [1.82, 2.24) is 35.5 Å². The van der Waals surface area contributed by atoms with E-state index >= 15 is 0 Å². The molecule has 24 heavy (non-hydrogen) atoms. The Hall–Kier alpha value is -2.42. The van der Waals surface area contributed by atoms with Crippen molar-refractivity contribution in [1.29, 1.82) is 0 Å². The van der Waals surface area contributed by atoms with E-state index in [4.69, 9.17) is 0 Å². The Balaban J connectivity index is 1.67. The van der Waals surface area contributed by atoms with Crippen molar-refractivity contribution in [3.63, 3.8) is 0 Å². The van der Waals surface area contributed by atoms with Crippen LogP contribution in [0.25, 0.3) is 11.0 Å². The summed E-state index contributed by atoms with van der Waals surface area (Å²) in [5, 5.41) is 13.9. The highest BCUT2D eigenvalue weighted by Gasteiger charge is 2.18. The number of carbonyl (C=O) groups excluding carboxylic acids is 1. The van der Waals surface area contributed by atoms with E-state index in [0.717, 1.165) is 29.0 Å². The lowest BCUT2D eigenvalue weighted by molar-refractivity contribution is -0.122. The lowest BCUT2D eigenvalue weighted by Gasteiger charge is -2.16. The Labute approximate surface area is 143 Å². The number of fused-ring (bicyclic) bond motifs is 1. The van der Waals surface area contributed by atoms with Gasteiger partial charge < -0.3 is 10.3 Å². The van der Waals surface area contributed by atoms with Crippen LogP contribution in [0.2, 0.25) is 0 Å². The molecule has 0 aliphatic carbocycles. The number of aromatic amines is 1. The highest BCUT2D eigenvalue weighted by Crippen LogP contribution is 2.20. The minimum atomic E-state index is -0.133. The van der Waals surface area contributed by atoms with Crippen LogP contribution >= 0.6 is 11.8 Å². The lowest BCUT2D eigenvalue weighted by Crippen LogP contribution is -2.30. The fourth-order valence-electron chi connectivity index (χ4n) is 2.42. The highest BCUT2D eigenvalue weighted by molar-refractivity contribution is 7.98. The third-order valence-electron chi connectivity index (χ3n) is 3.64. The van der Waals surface area contributed by atoms with Gasteiger partial charge in [-0.3, -0.25) is 4.79 Å². The smallest absolute Gasteiger partial charge is 0.222 e. The second kappa shape index (κ2) is 7.91. The number of aryl methyl sites for hydroxylation is 1. The van der Waals surface area contributed by atoms with Crippen LogP contribution in [0.5, 0.6) is 0 Å². The molecule has 8 nitrogen and oxygen atoms in total. The molecule has 1 aromatic carbocycles. The number of tetrazole rings is 1. The molecule has 126 valence electrons. The van der Waals surface area contributed by atoms with Crippen LogP contribution in [0.1, 0.15) is 24.7 Å². The Bertz CT molecular complexity index is 753. The van der Waals surface area contributed by atoms with Crippen molar-refractivity contribution in [2.45, 2.75) is 25.4 Å². The zero-order chi connectivity index (χ0) is 16.8. The molecule has 3 rings (SSSR count). The molecule has 0 radical (unpaired) electrons. The second-order valence-electron chi connectivity index (χ2n) is 5.36. The van der Waals surface area contributed by atoms with E-state index in [2.05, 4.69) is 37.1 Å². The molecular weight excluding hydrogens is 326 g/mol. The Morgan fingerprint density at radius 2 is 2.29 bits per heavy atom. The summed E-state index contributed by atoms with van der Waals surface area (Å²) in [6.45, 7) is 0.453. The fourth-order valence-corrected chi connectivity index (χ4v) is 2.89. The molecule has 0 unspecified atom stereocenters. The molecule has 0 saturated carbocycles. The van der Waals surface area contributed by atoms with Crippen LogP contribution in [0.3, 0.4) is 0 Å². The molecule has 0 bridgehead atoms. The molecule has 0 spiro atoms. The first kappa shape index (κ1) is 16.4. The van der Waals surface area contributed by atoms with Gasteiger partial charge in [0.15, 0.2) is 0 Å². The zero-order valence-corrected chi connectivity index (χ0v) is 14.2. The monoisotopic (exact) mass is 345 g/mol. The lowest BCUT2D eigenvalue weighted by atomic mass is 10.2. The maximum atomic E-state index is 12.3. The number of nitrogens with one attached hydrogen (secondary N) is 2. The summed E-state index contributed by atoms with van der Waals surface area (Å²) in [7, 11) is 0. The third kappa shape index (κ3) is 4.10. The van der Waals surface area contributed by atoms with Gasteiger partial charge in [-0.1, -0.05) is 12.1 Å². The highest BCUT2D eigenvalue weighted by atomic mass is 32.2. The van der Waals surface area contributed by atoms with Gasteiger partial charge in [-0.15, -0.1) is 5.10 Å². The van der Waals surface area contributed by atoms with Gasteiger partial charge in [0.1, 0.15) is 12.2 Å². The van der Waals surface area contributed by atoms with Gasteiger partial charge in [0.25, 0.3) is 0 Å². The Kier molecular flexibility index (Phi) is 5.42. The SMILES string of the molecule is CSCC[C@H](NC(=O)CCn1cnnn1)c1nc2ccccc2[nH]1. The van der Waals surface area contributed by atoms with Crippen LogP contribution in [0.15, 0.2) is 30.6 Å². The van der Waals surface area contributed by atoms with E-state index in [9.17, 15) is 4.79 Å². The molecule has 0 fully saturated rings. The largest absolute Gasteiger partial charge is 0.346 e. The van der Waals surface area contributed by atoms with Crippen LogP contribution in [0.4, 0.5) is 0 Å². The average molecular weight is 345 g/mol. The number of amides is 1. The molecule has 0 aliphatic rings. The van der Waals surface area contributed by atoms with Crippen LogP contribution < -0.4 is 5.32 Å². The normalized spacial score (nSPS) is 12.4. The van der Waals surface area contributed by atoms with E-state index in [1.807, 2.05) is 24.3 Å². The number of hydrogen-bond acceptors (Lipinski definition) is 6. The van der Waals surface area contributed by atoms with Gasteiger partial charge in [0, 0.05) is 6.42 Å². The van der Waals surface area contributed by atoms with Gasteiger partial charge in [0.05, 0.1) is 23.6 Å². The molecule has 0 aliphatic heterocycles. The topological polar surface area (TPSA) is 101 Å². The molecule has 3 aromatic rings. The fraction of sp³-hybridized carbons (Fsp3) is 0.400. The standard InChI is InChI=1S/C15H19N7OS/c1-24-9-7-13(15-18-11-4-2-3-5-12(11)19-15)17-14(23)6-8-22-10-16-20-21-22/h2-5,10,13H,6-9H2,1H3,(H,17,23)(H,18,19)/t13-/m0/s1. The van der Waals surface area contributed by atoms with Crippen molar-refractivity contribution in [3.05, 3.63) is 36.4 Å². The number of carbonyl (C=O) groups is 1. The van der Waals surface area contributed by atoms with Gasteiger partial charge in [0.2, 0.25) is 5.91 Å². The first-order valence-electron chi connectivity index (χ1n) is 7.70. The van der Waals surface area contributed by atoms with E-state index in [0.29, 0.717) is 13.0 Å². The Morgan fingerprint density at radius 1 is 1.42 bits per heavy atom. The molecule has 2 aromatic heterocycles. The maximum absolute atomic E-state index is 12.3. The number of hydrogen-bond donors (Lipinski definition) is 2. The molecular formula is C15H19N7OS. The van der Waals surface area contributed by atoms with E-state index < -0.39 is 0 Å². The molecule has 2 N–H and O–H groups in total. The number of nitrogens with zero attached hydrogens (tertiary/aromatic N) is 5. The zero-order valence-electron chi connectivity index (χ0n) is 13.3. The second-order valence-corrected chi connectivity index (χ2v) is 6.35. The number of benzene rings is 1. The predicted octanol–water partition coefficient (Wildman–Crippen LogP) is 1.55. The van der Waals surface area contributed by atoms with Crippen molar-refractivity contribution in [2.24, 2.45) is 0 Å². The van der Waals surface area contributed by atoms with E-state index in [1.165, 1.54) is 11.0 Å². The first-order chi connectivity index (χ1) is 11.8. The molecule has 1 amide bonds. The number of para-hydroxylation sites is 2. The molecule has 2 heterocycles. The number of thioether (sulfide) groups is 1. The van der Waals surface area contributed by atoms with Crippen molar-refractivity contribution in [3.8, 4) is 0 Å². The maximum Gasteiger partial charge on any atom is 0.222 e. The van der Waals surface area contributed by atoms with Crippen molar-refractivity contribution < 1.29 is 4.79 Å².